The molecule has 0 aromatic carbocycles. The van der Waals surface area contributed by atoms with E-state index in [-0.39, 0.29) is 18.7 Å². The first kappa shape index (κ1) is 13.8. The van der Waals surface area contributed by atoms with Crippen molar-refractivity contribution in [2.24, 2.45) is 0 Å². The molecule has 0 aliphatic carbocycles. The second-order valence-corrected chi connectivity index (χ2v) is 6.12. The molecule has 0 spiro atoms. The average Bonchev–Trinajstić information content (AvgIpc) is 1.97. The molecular formula is C8H18FNO3S. The third-order valence-corrected chi connectivity index (χ3v) is 3.50. The Morgan fingerprint density at radius 2 is 1.93 bits per heavy atom. The van der Waals surface area contributed by atoms with Gasteiger partial charge in [0.1, 0.15) is 0 Å². The fourth-order valence-electron chi connectivity index (χ4n) is 1.04. The van der Waals surface area contributed by atoms with E-state index in [1.165, 1.54) is 20.9 Å². The Morgan fingerprint density at radius 1 is 1.43 bits per heavy atom. The van der Waals surface area contributed by atoms with Crippen LogP contribution in [0.5, 0.6) is 0 Å². The third kappa shape index (κ3) is 5.51. The number of alkyl halides is 1. The van der Waals surface area contributed by atoms with Crippen LogP contribution < -0.4 is 0 Å². The lowest BCUT2D eigenvalue weighted by Gasteiger charge is -2.24. The molecule has 0 aliphatic heterocycles. The third-order valence-electron chi connectivity index (χ3n) is 1.62. The van der Waals surface area contributed by atoms with E-state index in [0.29, 0.717) is 0 Å². The molecule has 0 heterocycles. The van der Waals surface area contributed by atoms with Gasteiger partial charge in [0.15, 0.2) is 0 Å². The van der Waals surface area contributed by atoms with Crippen LogP contribution in [0.2, 0.25) is 0 Å². The van der Waals surface area contributed by atoms with Gasteiger partial charge in [-0.3, -0.25) is 4.39 Å². The van der Waals surface area contributed by atoms with Gasteiger partial charge in [0.05, 0.1) is 18.0 Å². The van der Waals surface area contributed by atoms with Gasteiger partial charge < -0.3 is 5.11 Å². The van der Waals surface area contributed by atoms with E-state index in [1.54, 1.807) is 0 Å². The Hall–Kier alpha value is -0.200. The molecule has 0 saturated carbocycles. The van der Waals surface area contributed by atoms with Gasteiger partial charge in [-0.1, -0.05) is 0 Å². The van der Waals surface area contributed by atoms with Crippen LogP contribution in [0.25, 0.3) is 0 Å². The topological polar surface area (TPSA) is 57.6 Å². The summed E-state index contributed by atoms with van der Waals surface area (Å²) in [5.41, 5.74) is -1.07. The molecule has 0 amide bonds. The van der Waals surface area contributed by atoms with Crippen LogP contribution in [0.4, 0.5) is 4.39 Å². The van der Waals surface area contributed by atoms with Crippen molar-refractivity contribution in [2.75, 3.05) is 26.0 Å². The van der Waals surface area contributed by atoms with Crippen molar-refractivity contribution in [3.63, 3.8) is 0 Å². The Kier molecular flexibility index (Phi) is 4.97. The van der Waals surface area contributed by atoms with Crippen LogP contribution in [0.1, 0.15) is 20.3 Å². The summed E-state index contributed by atoms with van der Waals surface area (Å²) in [6, 6.07) is 0. The highest BCUT2D eigenvalue weighted by Gasteiger charge is 2.24. The van der Waals surface area contributed by atoms with E-state index in [2.05, 4.69) is 0 Å². The average molecular weight is 227 g/mol. The van der Waals surface area contributed by atoms with Gasteiger partial charge >= 0.3 is 0 Å². The second kappa shape index (κ2) is 5.04. The summed E-state index contributed by atoms with van der Waals surface area (Å²) in [6.07, 6.45) is -0.00146. The van der Waals surface area contributed by atoms with Crippen LogP contribution in [-0.2, 0) is 10.0 Å². The highest BCUT2D eigenvalue weighted by molar-refractivity contribution is 7.89. The van der Waals surface area contributed by atoms with E-state index in [0.717, 1.165) is 4.31 Å². The number of aliphatic hydroxyl groups is 1. The molecule has 0 bridgehead atoms. The van der Waals surface area contributed by atoms with Gasteiger partial charge in [0, 0.05) is 13.6 Å². The molecule has 0 atom stereocenters. The molecule has 1 N–H and O–H groups in total. The zero-order valence-electron chi connectivity index (χ0n) is 8.83. The summed E-state index contributed by atoms with van der Waals surface area (Å²) in [4.78, 5) is 0. The maximum atomic E-state index is 11.8. The fraction of sp³-hybridized carbons (Fsp3) is 1.00. The summed E-state index contributed by atoms with van der Waals surface area (Å²) in [5, 5.41) is 9.40. The molecule has 0 rings (SSSR count). The number of likely N-dealkylation sites (N-methyl/N-ethyl adjacent to an activating group) is 1. The van der Waals surface area contributed by atoms with Gasteiger partial charge in [-0.05, 0) is 20.3 Å². The summed E-state index contributed by atoms with van der Waals surface area (Å²) in [6.45, 7) is 2.42. The SMILES string of the molecule is CN(CC(C)(C)O)S(=O)(=O)CCCF. The molecule has 0 saturated heterocycles. The van der Waals surface area contributed by atoms with Crippen molar-refractivity contribution in [1.82, 2.24) is 4.31 Å². The lowest BCUT2D eigenvalue weighted by molar-refractivity contribution is 0.0640. The van der Waals surface area contributed by atoms with Gasteiger partial charge in [0.2, 0.25) is 10.0 Å². The first-order valence-electron chi connectivity index (χ1n) is 4.41. The molecule has 0 fully saturated rings. The van der Waals surface area contributed by atoms with Crippen LogP contribution in [0.3, 0.4) is 0 Å². The number of hydrogen-bond donors (Lipinski definition) is 1. The molecule has 6 heteroatoms. The van der Waals surface area contributed by atoms with Crippen molar-refractivity contribution < 1.29 is 17.9 Å². The fourth-order valence-corrected chi connectivity index (χ4v) is 2.33. The van der Waals surface area contributed by atoms with Crippen molar-refractivity contribution in [2.45, 2.75) is 25.9 Å². The quantitative estimate of drug-likeness (QED) is 0.713. The second-order valence-electron chi connectivity index (χ2n) is 3.93. The highest BCUT2D eigenvalue weighted by atomic mass is 32.2. The van der Waals surface area contributed by atoms with Crippen LogP contribution in [0.15, 0.2) is 0 Å². The Morgan fingerprint density at radius 3 is 2.29 bits per heavy atom. The lowest BCUT2D eigenvalue weighted by Crippen LogP contribution is -2.40. The molecule has 0 aromatic rings. The first-order valence-corrected chi connectivity index (χ1v) is 6.02. The molecule has 0 radical (unpaired) electrons. The normalized spacial score (nSPS) is 13.6. The molecular weight excluding hydrogens is 209 g/mol. The van der Waals surface area contributed by atoms with E-state index >= 15 is 0 Å². The van der Waals surface area contributed by atoms with Gasteiger partial charge in [-0.2, -0.15) is 0 Å². The van der Waals surface area contributed by atoms with E-state index in [4.69, 9.17) is 0 Å². The molecule has 0 aliphatic rings. The predicted molar refractivity (Wildman–Crippen MR) is 53.3 cm³/mol. The van der Waals surface area contributed by atoms with Crippen LogP contribution >= 0.6 is 0 Å². The molecule has 4 nitrogen and oxygen atoms in total. The maximum Gasteiger partial charge on any atom is 0.214 e. The van der Waals surface area contributed by atoms with Gasteiger partial charge in [0.25, 0.3) is 0 Å². The molecule has 86 valence electrons. The summed E-state index contributed by atoms with van der Waals surface area (Å²) >= 11 is 0. The number of sulfonamides is 1. The van der Waals surface area contributed by atoms with Crippen molar-refractivity contribution in [1.29, 1.82) is 0 Å². The predicted octanol–water partition coefficient (Wildman–Crippen LogP) is 0.378. The van der Waals surface area contributed by atoms with E-state index in [1.807, 2.05) is 0 Å². The minimum absolute atomic E-state index is 0.00146. The number of rotatable bonds is 6. The largest absolute Gasteiger partial charge is 0.389 e. The zero-order valence-corrected chi connectivity index (χ0v) is 9.64. The van der Waals surface area contributed by atoms with Crippen molar-refractivity contribution in [3.8, 4) is 0 Å². The number of nitrogens with zero attached hydrogens (tertiary/aromatic N) is 1. The molecule has 0 aromatic heterocycles. The monoisotopic (exact) mass is 227 g/mol. The first-order chi connectivity index (χ1) is 6.19. The van der Waals surface area contributed by atoms with Crippen molar-refractivity contribution >= 4 is 10.0 Å². The number of hydrogen-bond acceptors (Lipinski definition) is 3. The standard InChI is InChI=1S/C8H18FNO3S/c1-8(2,11)7-10(3)14(12,13)6-4-5-9/h11H,4-7H2,1-3H3. The molecule has 0 unspecified atom stereocenters. The zero-order chi connectivity index (χ0) is 11.4. The molecule has 14 heavy (non-hydrogen) atoms. The van der Waals surface area contributed by atoms with E-state index in [9.17, 15) is 17.9 Å². The summed E-state index contributed by atoms with van der Waals surface area (Å²) in [5.74, 6) is -0.212. The maximum absolute atomic E-state index is 11.8. The Bertz CT molecular complexity index is 258. The summed E-state index contributed by atoms with van der Waals surface area (Å²) in [7, 11) is -2.04. The van der Waals surface area contributed by atoms with Crippen LogP contribution in [-0.4, -0.2) is 49.5 Å². The Balaban J connectivity index is 4.30. The van der Waals surface area contributed by atoms with Crippen molar-refractivity contribution in [3.05, 3.63) is 0 Å². The lowest BCUT2D eigenvalue weighted by atomic mass is 10.1. The minimum atomic E-state index is -3.42. The smallest absolute Gasteiger partial charge is 0.214 e. The van der Waals surface area contributed by atoms with Crippen LogP contribution in [0, 0.1) is 0 Å². The summed E-state index contributed by atoms with van der Waals surface area (Å²) < 4.78 is 35.7. The van der Waals surface area contributed by atoms with E-state index < -0.39 is 22.3 Å². The highest BCUT2D eigenvalue weighted by Crippen LogP contribution is 2.08. The van der Waals surface area contributed by atoms with Gasteiger partial charge in [-0.15, -0.1) is 0 Å². The Labute approximate surface area is 84.8 Å². The van der Waals surface area contributed by atoms with Gasteiger partial charge in [-0.25, -0.2) is 12.7 Å². The number of halogens is 1. The minimum Gasteiger partial charge on any atom is -0.389 e.